The summed E-state index contributed by atoms with van der Waals surface area (Å²) in [6.45, 7) is 1.33. The molecule has 16 heavy (non-hydrogen) atoms. The first-order valence-electron chi connectivity index (χ1n) is 5.42. The van der Waals surface area contributed by atoms with Crippen molar-refractivity contribution in [3.63, 3.8) is 0 Å². The van der Waals surface area contributed by atoms with E-state index in [4.69, 9.17) is 19.9 Å². The first-order valence-corrected chi connectivity index (χ1v) is 5.42. The van der Waals surface area contributed by atoms with Crippen LogP contribution in [0.15, 0.2) is 24.3 Å². The fourth-order valence-electron chi connectivity index (χ4n) is 1.74. The Labute approximate surface area is 95.3 Å². The van der Waals surface area contributed by atoms with Gasteiger partial charge in [0.1, 0.15) is 5.75 Å². The average Bonchev–Trinajstić information content (AvgIpc) is 2.82. The molecular formula is C12H17NO3. The summed E-state index contributed by atoms with van der Waals surface area (Å²) in [5, 5.41) is 0. The molecule has 1 heterocycles. The maximum absolute atomic E-state index is 6.07. The van der Waals surface area contributed by atoms with E-state index in [1.807, 2.05) is 24.3 Å². The van der Waals surface area contributed by atoms with Crippen LogP contribution in [-0.4, -0.2) is 26.6 Å². The van der Waals surface area contributed by atoms with Crippen molar-refractivity contribution in [3.05, 3.63) is 29.8 Å². The highest BCUT2D eigenvalue weighted by atomic mass is 16.7. The van der Waals surface area contributed by atoms with Crippen LogP contribution in [0.4, 0.5) is 0 Å². The number of methoxy groups -OCH3 is 1. The van der Waals surface area contributed by atoms with Crippen molar-refractivity contribution in [1.82, 2.24) is 0 Å². The van der Waals surface area contributed by atoms with Crippen molar-refractivity contribution < 1.29 is 14.2 Å². The lowest BCUT2D eigenvalue weighted by Crippen LogP contribution is -2.19. The molecule has 0 bridgehead atoms. The zero-order valence-corrected chi connectivity index (χ0v) is 9.39. The van der Waals surface area contributed by atoms with Crippen LogP contribution in [0, 0.1) is 0 Å². The molecule has 1 saturated heterocycles. The number of nitrogens with two attached hydrogens (primary N) is 1. The summed E-state index contributed by atoms with van der Waals surface area (Å²) in [7, 11) is 1.65. The number of hydrogen-bond donors (Lipinski definition) is 1. The van der Waals surface area contributed by atoms with E-state index in [1.165, 1.54) is 0 Å². The van der Waals surface area contributed by atoms with Crippen molar-refractivity contribution >= 4 is 0 Å². The molecular weight excluding hydrogens is 206 g/mol. The van der Waals surface area contributed by atoms with Crippen molar-refractivity contribution in [1.29, 1.82) is 0 Å². The van der Waals surface area contributed by atoms with E-state index in [-0.39, 0.29) is 12.3 Å². The number of ether oxygens (including phenoxy) is 3. The highest BCUT2D eigenvalue weighted by Crippen LogP contribution is 2.22. The second kappa shape index (κ2) is 5.30. The molecule has 1 aromatic carbocycles. The molecule has 0 aromatic heterocycles. The van der Waals surface area contributed by atoms with Gasteiger partial charge in [-0.3, -0.25) is 0 Å². The molecule has 4 nitrogen and oxygen atoms in total. The molecule has 1 aliphatic rings. The third-order valence-corrected chi connectivity index (χ3v) is 2.68. The summed E-state index contributed by atoms with van der Waals surface area (Å²) in [4.78, 5) is 0. The predicted molar refractivity (Wildman–Crippen MR) is 60.2 cm³/mol. The van der Waals surface area contributed by atoms with Gasteiger partial charge in [0, 0.05) is 12.5 Å². The van der Waals surface area contributed by atoms with Crippen LogP contribution < -0.4 is 10.5 Å². The van der Waals surface area contributed by atoms with E-state index in [1.54, 1.807) is 7.11 Å². The quantitative estimate of drug-likeness (QED) is 0.839. The largest absolute Gasteiger partial charge is 0.497 e. The SMILES string of the molecule is COc1ccc(C(N)CC2OCCO2)cc1. The summed E-state index contributed by atoms with van der Waals surface area (Å²) >= 11 is 0. The van der Waals surface area contributed by atoms with Crippen LogP contribution in [0.2, 0.25) is 0 Å². The van der Waals surface area contributed by atoms with Crippen LogP contribution in [-0.2, 0) is 9.47 Å². The van der Waals surface area contributed by atoms with E-state index >= 15 is 0 Å². The Hall–Kier alpha value is -1.10. The van der Waals surface area contributed by atoms with Gasteiger partial charge in [-0.15, -0.1) is 0 Å². The molecule has 0 radical (unpaired) electrons. The zero-order valence-electron chi connectivity index (χ0n) is 9.39. The molecule has 88 valence electrons. The van der Waals surface area contributed by atoms with Gasteiger partial charge < -0.3 is 19.9 Å². The van der Waals surface area contributed by atoms with Gasteiger partial charge in [-0.2, -0.15) is 0 Å². The van der Waals surface area contributed by atoms with Gasteiger partial charge in [0.15, 0.2) is 6.29 Å². The molecule has 4 heteroatoms. The lowest BCUT2D eigenvalue weighted by molar-refractivity contribution is -0.0507. The number of hydrogen-bond acceptors (Lipinski definition) is 4. The van der Waals surface area contributed by atoms with Crippen molar-refractivity contribution in [2.75, 3.05) is 20.3 Å². The summed E-state index contributed by atoms with van der Waals surface area (Å²) in [6.07, 6.45) is 0.531. The van der Waals surface area contributed by atoms with Crippen LogP contribution >= 0.6 is 0 Å². The molecule has 1 unspecified atom stereocenters. The first kappa shape index (κ1) is 11.4. The number of rotatable bonds is 4. The van der Waals surface area contributed by atoms with Gasteiger partial charge >= 0.3 is 0 Å². The zero-order chi connectivity index (χ0) is 11.4. The molecule has 2 rings (SSSR count). The molecule has 0 spiro atoms. The monoisotopic (exact) mass is 223 g/mol. The summed E-state index contributed by atoms with van der Waals surface area (Å²) in [5.74, 6) is 0.837. The van der Waals surface area contributed by atoms with Crippen LogP contribution in [0.3, 0.4) is 0 Å². The van der Waals surface area contributed by atoms with Gasteiger partial charge in [-0.05, 0) is 17.7 Å². The highest BCUT2D eigenvalue weighted by molar-refractivity contribution is 5.28. The Kier molecular flexibility index (Phi) is 3.77. The van der Waals surface area contributed by atoms with E-state index < -0.39 is 0 Å². The fourth-order valence-corrected chi connectivity index (χ4v) is 1.74. The van der Waals surface area contributed by atoms with Crippen LogP contribution in [0.25, 0.3) is 0 Å². The Balaban J connectivity index is 1.94. The minimum absolute atomic E-state index is 0.0611. The maximum atomic E-state index is 6.07. The minimum atomic E-state index is -0.155. The Morgan fingerprint density at radius 2 is 1.94 bits per heavy atom. The smallest absolute Gasteiger partial charge is 0.159 e. The topological polar surface area (TPSA) is 53.7 Å². The van der Waals surface area contributed by atoms with Gasteiger partial charge in [0.05, 0.1) is 20.3 Å². The Morgan fingerprint density at radius 1 is 1.31 bits per heavy atom. The summed E-state index contributed by atoms with van der Waals surface area (Å²) < 4.78 is 15.8. The van der Waals surface area contributed by atoms with E-state index in [0.29, 0.717) is 19.6 Å². The second-order valence-electron chi connectivity index (χ2n) is 3.79. The third-order valence-electron chi connectivity index (χ3n) is 2.68. The molecule has 0 amide bonds. The van der Waals surface area contributed by atoms with Crippen molar-refractivity contribution in [2.24, 2.45) is 5.73 Å². The van der Waals surface area contributed by atoms with Crippen LogP contribution in [0.1, 0.15) is 18.0 Å². The second-order valence-corrected chi connectivity index (χ2v) is 3.79. The molecule has 1 atom stereocenters. The van der Waals surface area contributed by atoms with Gasteiger partial charge in [-0.1, -0.05) is 12.1 Å². The van der Waals surface area contributed by atoms with Crippen LogP contribution in [0.5, 0.6) is 5.75 Å². The summed E-state index contributed by atoms with van der Waals surface area (Å²) in [6, 6.07) is 7.70. The van der Waals surface area contributed by atoms with Gasteiger partial charge in [0.25, 0.3) is 0 Å². The standard InChI is InChI=1S/C12H17NO3/c1-14-10-4-2-9(3-5-10)11(13)8-12-15-6-7-16-12/h2-5,11-12H,6-8,13H2,1H3. The van der Waals surface area contributed by atoms with Crippen molar-refractivity contribution in [3.8, 4) is 5.75 Å². The molecule has 2 N–H and O–H groups in total. The average molecular weight is 223 g/mol. The molecule has 1 aromatic rings. The molecule has 1 aliphatic heterocycles. The molecule has 0 saturated carbocycles. The first-order chi connectivity index (χ1) is 7.79. The third kappa shape index (κ3) is 2.72. The van der Waals surface area contributed by atoms with E-state index in [2.05, 4.69) is 0 Å². The normalized spacial score (nSPS) is 18.6. The van der Waals surface area contributed by atoms with Gasteiger partial charge in [-0.25, -0.2) is 0 Å². The minimum Gasteiger partial charge on any atom is -0.497 e. The highest BCUT2D eigenvalue weighted by Gasteiger charge is 2.20. The Bertz CT molecular complexity index is 320. The number of benzene rings is 1. The fraction of sp³-hybridized carbons (Fsp3) is 0.500. The summed E-state index contributed by atoms with van der Waals surface area (Å²) in [5.41, 5.74) is 7.13. The predicted octanol–water partition coefficient (Wildman–Crippen LogP) is 1.46. The molecule has 0 aliphatic carbocycles. The van der Waals surface area contributed by atoms with Gasteiger partial charge in [0.2, 0.25) is 0 Å². The lowest BCUT2D eigenvalue weighted by atomic mass is 10.0. The van der Waals surface area contributed by atoms with E-state index in [0.717, 1.165) is 11.3 Å². The van der Waals surface area contributed by atoms with Crippen molar-refractivity contribution in [2.45, 2.75) is 18.8 Å². The lowest BCUT2D eigenvalue weighted by Gasteiger charge is -2.16. The Morgan fingerprint density at radius 3 is 2.50 bits per heavy atom. The molecule has 1 fully saturated rings. The van der Waals surface area contributed by atoms with E-state index in [9.17, 15) is 0 Å². The maximum Gasteiger partial charge on any atom is 0.159 e.